The van der Waals surface area contributed by atoms with E-state index in [9.17, 15) is 8.42 Å². The van der Waals surface area contributed by atoms with Gasteiger partial charge in [0.15, 0.2) is 0 Å². The lowest BCUT2D eigenvalue weighted by Gasteiger charge is -2.13. The summed E-state index contributed by atoms with van der Waals surface area (Å²) < 4.78 is 31.0. The van der Waals surface area contributed by atoms with Crippen molar-refractivity contribution < 1.29 is 8.42 Å². The summed E-state index contributed by atoms with van der Waals surface area (Å²) >= 11 is 0. The first kappa shape index (κ1) is 22.1. The third-order valence-electron chi connectivity index (χ3n) is 5.70. The fourth-order valence-electron chi connectivity index (χ4n) is 4.08. The van der Waals surface area contributed by atoms with Crippen LogP contribution in [0.2, 0.25) is 0 Å². The summed E-state index contributed by atoms with van der Waals surface area (Å²) in [4.78, 5) is 5.08. The van der Waals surface area contributed by atoms with Crippen molar-refractivity contribution in [1.29, 1.82) is 0 Å². The van der Waals surface area contributed by atoms with Gasteiger partial charge < -0.3 is 4.57 Å². The van der Waals surface area contributed by atoms with Crippen molar-refractivity contribution >= 4 is 26.7 Å². The number of nitrogens with one attached hydrogen (secondary N) is 1. The minimum Gasteiger partial charge on any atom is -0.328 e. The van der Waals surface area contributed by atoms with Crippen molar-refractivity contribution in [3.05, 3.63) is 89.7 Å². The molecule has 0 bridgehead atoms. The number of aryl methyl sites for hydroxylation is 4. The van der Waals surface area contributed by atoms with Gasteiger partial charge in [0.25, 0.3) is 10.0 Å². The molecule has 4 rings (SSSR count). The summed E-state index contributed by atoms with van der Waals surface area (Å²) in [6.45, 7) is 5.07. The van der Waals surface area contributed by atoms with Crippen LogP contribution in [0.15, 0.2) is 77.7 Å². The van der Waals surface area contributed by atoms with Gasteiger partial charge in [-0.3, -0.25) is 4.72 Å². The van der Waals surface area contributed by atoms with E-state index >= 15 is 0 Å². The Kier molecular flexibility index (Phi) is 6.61. The largest absolute Gasteiger partial charge is 0.328 e. The number of hydrogen-bond donors (Lipinski definition) is 1. The van der Waals surface area contributed by atoms with Crippen LogP contribution in [0.4, 0.5) is 5.69 Å². The van der Waals surface area contributed by atoms with Crippen molar-refractivity contribution in [3.63, 3.8) is 0 Å². The third kappa shape index (κ3) is 4.70. The molecule has 0 unspecified atom stereocenters. The molecule has 0 saturated carbocycles. The van der Waals surface area contributed by atoms with E-state index in [1.54, 1.807) is 12.1 Å². The van der Waals surface area contributed by atoms with E-state index in [-0.39, 0.29) is 4.90 Å². The standard InChI is InChI=1S/C26H29N3O2S/c1-3-9-20-14-17-22(18-15-20)32(30,31)28-23-11-6-5-10-21(23)16-19-26-27-24-12-7-8-13-25(24)29(26)4-2/h5-8,10-15,17-18,28H,3-4,9,16,19H2,1-2H3. The molecular weight excluding hydrogens is 418 g/mol. The van der Waals surface area contributed by atoms with Crippen molar-refractivity contribution in [1.82, 2.24) is 9.55 Å². The number of fused-ring (bicyclic) bond motifs is 1. The maximum Gasteiger partial charge on any atom is 0.261 e. The van der Waals surface area contributed by atoms with Crippen LogP contribution in [0.1, 0.15) is 37.2 Å². The monoisotopic (exact) mass is 447 g/mol. The van der Waals surface area contributed by atoms with Gasteiger partial charge in [-0.2, -0.15) is 0 Å². The molecule has 0 aliphatic carbocycles. The van der Waals surface area contributed by atoms with Crippen LogP contribution in [-0.2, 0) is 35.8 Å². The Labute approximate surface area is 190 Å². The molecule has 5 nitrogen and oxygen atoms in total. The zero-order valence-electron chi connectivity index (χ0n) is 18.6. The average molecular weight is 448 g/mol. The topological polar surface area (TPSA) is 64.0 Å². The molecule has 6 heteroatoms. The summed E-state index contributed by atoms with van der Waals surface area (Å²) in [7, 11) is -3.65. The van der Waals surface area contributed by atoms with Gasteiger partial charge >= 0.3 is 0 Å². The molecule has 0 spiro atoms. The molecule has 0 amide bonds. The molecule has 32 heavy (non-hydrogen) atoms. The highest BCUT2D eigenvalue weighted by atomic mass is 32.2. The van der Waals surface area contributed by atoms with Gasteiger partial charge in [-0.05, 0) is 61.2 Å². The van der Waals surface area contributed by atoms with Crippen LogP contribution < -0.4 is 4.72 Å². The van der Waals surface area contributed by atoms with Crippen LogP contribution in [0.5, 0.6) is 0 Å². The Balaban J connectivity index is 1.54. The van der Waals surface area contributed by atoms with Crippen LogP contribution in [0, 0.1) is 0 Å². The number of nitrogens with zero attached hydrogens (tertiary/aromatic N) is 2. The predicted octanol–water partition coefficient (Wildman–Crippen LogP) is 5.59. The fraction of sp³-hybridized carbons (Fsp3) is 0.269. The van der Waals surface area contributed by atoms with E-state index in [1.807, 2.05) is 54.6 Å². The molecule has 1 heterocycles. The SMILES string of the molecule is CCCc1ccc(S(=O)(=O)Nc2ccccc2CCc2nc3ccccc3n2CC)cc1. The minimum absolute atomic E-state index is 0.278. The first-order chi connectivity index (χ1) is 15.5. The van der Waals surface area contributed by atoms with Gasteiger partial charge in [-0.1, -0.05) is 55.8 Å². The Bertz CT molecular complexity index is 1310. The molecule has 1 aromatic heterocycles. The predicted molar refractivity (Wildman–Crippen MR) is 131 cm³/mol. The van der Waals surface area contributed by atoms with Gasteiger partial charge in [0.05, 0.1) is 21.6 Å². The fourth-order valence-corrected chi connectivity index (χ4v) is 5.18. The molecule has 166 valence electrons. The van der Waals surface area contributed by atoms with Gasteiger partial charge in [0, 0.05) is 13.0 Å². The molecule has 3 aromatic carbocycles. The van der Waals surface area contributed by atoms with E-state index in [0.29, 0.717) is 12.1 Å². The first-order valence-electron chi connectivity index (χ1n) is 11.2. The van der Waals surface area contributed by atoms with E-state index in [1.165, 1.54) is 0 Å². The normalized spacial score (nSPS) is 11.7. The zero-order valence-corrected chi connectivity index (χ0v) is 19.4. The molecule has 0 atom stereocenters. The number of rotatable bonds is 9. The quantitative estimate of drug-likeness (QED) is 0.363. The highest BCUT2D eigenvalue weighted by Crippen LogP contribution is 2.23. The summed E-state index contributed by atoms with van der Waals surface area (Å²) in [5.41, 5.74) is 4.83. The number of benzene rings is 3. The van der Waals surface area contributed by atoms with Crippen molar-refractivity contribution in [2.45, 2.75) is 51.0 Å². The van der Waals surface area contributed by atoms with Crippen LogP contribution in [0.3, 0.4) is 0 Å². The Hall–Kier alpha value is -3.12. The first-order valence-corrected chi connectivity index (χ1v) is 12.6. The molecule has 0 aliphatic heterocycles. The molecule has 0 saturated heterocycles. The highest BCUT2D eigenvalue weighted by Gasteiger charge is 2.17. The van der Waals surface area contributed by atoms with E-state index in [0.717, 1.165) is 53.8 Å². The molecule has 0 fully saturated rings. The maximum atomic E-state index is 13.0. The minimum atomic E-state index is -3.65. The van der Waals surface area contributed by atoms with E-state index < -0.39 is 10.0 Å². The van der Waals surface area contributed by atoms with Crippen LogP contribution in [0.25, 0.3) is 11.0 Å². The van der Waals surface area contributed by atoms with Crippen LogP contribution >= 0.6 is 0 Å². The second-order valence-electron chi connectivity index (χ2n) is 7.92. The summed E-state index contributed by atoms with van der Waals surface area (Å²) in [5, 5.41) is 0. The van der Waals surface area contributed by atoms with Gasteiger partial charge in [0.2, 0.25) is 0 Å². The van der Waals surface area contributed by atoms with E-state index in [4.69, 9.17) is 4.98 Å². The van der Waals surface area contributed by atoms with Gasteiger partial charge in [0.1, 0.15) is 5.82 Å². The Morgan fingerprint density at radius 3 is 2.31 bits per heavy atom. The Morgan fingerprint density at radius 1 is 0.844 bits per heavy atom. The number of aromatic nitrogens is 2. The molecule has 0 aliphatic rings. The maximum absolute atomic E-state index is 13.0. The number of hydrogen-bond acceptors (Lipinski definition) is 3. The lowest BCUT2D eigenvalue weighted by atomic mass is 10.1. The third-order valence-corrected chi connectivity index (χ3v) is 7.08. The van der Waals surface area contributed by atoms with Gasteiger partial charge in [-0.25, -0.2) is 13.4 Å². The lowest BCUT2D eigenvalue weighted by molar-refractivity contribution is 0.601. The number of anilines is 1. The van der Waals surface area contributed by atoms with Crippen LogP contribution in [-0.4, -0.2) is 18.0 Å². The molecular formula is C26H29N3O2S. The molecule has 0 radical (unpaired) electrons. The molecule has 1 N–H and O–H groups in total. The number of para-hydroxylation sites is 3. The second kappa shape index (κ2) is 9.57. The number of imidazole rings is 1. The van der Waals surface area contributed by atoms with Gasteiger partial charge in [-0.15, -0.1) is 0 Å². The zero-order chi connectivity index (χ0) is 22.6. The molecule has 4 aromatic rings. The second-order valence-corrected chi connectivity index (χ2v) is 9.60. The summed E-state index contributed by atoms with van der Waals surface area (Å²) in [5.74, 6) is 1.01. The highest BCUT2D eigenvalue weighted by molar-refractivity contribution is 7.92. The average Bonchev–Trinajstić information content (AvgIpc) is 3.16. The lowest BCUT2D eigenvalue weighted by Crippen LogP contribution is -2.14. The Morgan fingerprint density at radius 2 is 1.56 bits per heavy atom. The number of sulfonamides is 1. The summed E-state index contributed by atoms with van der Waals surface area (Å²) in [6.07, 6.45) is 3.40. The smallest absolute Gasteiger partial charge is 0.261 e. The van der Waals surface area contributed by atoms with Crippen molar-refractivity contribution in [2.75, 3.05) is 4.72 Å². The van der Waals surface area contributed by atoms with Crippen molar-refractivity contribution in [2.24, 2.45) is 0 Å². The van der Waals surface area contributed by atoms with E-state index in [2.05, 4.69) is 29.2 Å². The summed E-state index contributed by atoms with van der Waals surface area (Å²) in [6, 6.07) is 22.9. The van der Waals surface area contributed by atoms with Crippen molar-refractivity contribution in [3.8, 4) is 0 Å².